The van der Waals surface area contributed by atoms with E-state index >= 15 is 0 Å². The summed E-state index contributed by atoms with van der Waals surface area (Å²) in [5.74, 6) is -3.46. The molecule has 0 fully saturated rings. The number of esters is 2. The van der Waals surface area contributed by atoms with Crippen molar-refractivity contribution in [2.24, 2.45) is 21.7 Å². The number of methoxy groups -OCH3 is 2. The van der Waals surface area contributed by atoms with Crippen molar-refractivity contribution in [3.63, 3.8) is 0 Å². The van der Waals surface area contributed by atoms with Crippen molar-refractivity contribution in [3.05, 3.63) is 85.1 Å². The molecule has 1 aromatic heterocycles. The highest BCUT2D eigenvalue weighted by atomic mass is 35.5. The molecule has 8 N–H and O–H groups in total. The van der Waals surface area contributed by atoms with Crippen LogP contribution in [0.1, 0.15) is 32.1 Å². The van der Waals surface area contributed by atoms with E-state index in [4.69, 9.17) is 91.8 Å². The van der Waals surface area contributed by atoms with Crippen LogP contribution in [0.2, 0.25) is 20.1 Å². The van der Waals surface area contributed by atoms with E-state index in [0.29, 0.717) is 0 Å². The first kappa shape index (κ1) is 39.8. The molecule has 0 spiro atoms. The van der Waals surface area contributed by atoms with Crippen molar-refractivity contribution >= 4 is 128 Å². The summed E-state index contributed by atoms with van der Waals surface area (Å²) in [5.41, 5.74) is 14.9. The smallest absolute Gasteiger partial charge is 0.339 e. The van der Waals surface area contributed by atoms with Gasteiger partial charge in [0.25, 0.3) is 11.8 Å². The van der Waals surface area contributed by atoms with E-state index in [1.807, 2.05) is 0 Å². The number of pyridine rings is 1. The third-order valence-electron chi connectivity index (χ3n) is 6.14. The first-order valence-corrected chi connectivity index (χ1v) is 15.9. The number of nitrogens with zero attached hydrogens (tertiary/aromatic N) is 3. The van der Waals surface area contributed by atoms with Gasteiger partial charge in [-0.25, -0.2) is 9.59 Å². The molecule has 0 aliphatic heterocycles. The summed E-state index contributed by atoms with van der Waals surface area (Å²) in [6.07, 6.45) is -0.955. The maximum absolute atomic E-state index is 13.4. The number of ether oxygens (including phenoxy) is 2. The van der Waals surface area contributed by atoms with Crippen LogP contribution in [-0.2, 0) is 31.9 Å². The standard InChI is InChI=1S/C29H25Cl4N9O6S2/c1-47-26(45)14-9-15(27(46)48-2)21(11-23(40-42-29(35)50)25(44)37-13-4-6-17(31)19(33)8-13)38-20(14)10-22(39-41-28(34)49)24(43)36-12-3-5-16(30)18(32)7-12/h3-9H,10-11H2,1-2H3,(H,36,43)(H,37,44)(H3,34,41,49)(H3,35,42,50)/b39-22-,40-23+. The van der Waals surface area contributed by atoms with Gasteiger partial charge in [-0.2, -0.15) is 10.2 Å². The number of benzene rings is 2. The molecule has 0 unspecified atom stereocenters. The number of hydrazone groups is 2. The van der Waals surface area contributed by atoms with Crippen molar-refractivity contribution < 1.29 is 28.7 Å². The molecule has 2 amide bonds. The van der Waals surface area contributed by atoms with Crippen LogP contribution in [0, 0.1) is 0 Å². The summed E-state index contributed by atoms with van der Waals surface area (Å²) >= 11 is 33.8. The predicted molar refractivity (Wildman–Crippen MR) is 199 cm³/mol. The number of thiocarbonyl (C=S) groups is 2. The van der Waals surface area contributed by atoms with Gasteiger partial charge in [0.2, 0.25) is 0 Å². The monoisotopic (exact) mass is 799 g/mol. The van der Waals surface area contributed by atoms with E-state index in [2.05, 4.69) is 36.7 Å². The van der Waals surface area contributed by atoms with Gasteiger partial charge in [-0.05, 0) is 66.9 Å². The van der Waals surface area contributed by atoms with Gasteiger partial charge in [0, 0.05) is 24.2 Å². The van der Waals surface area contributed by atoms with Crippen molar-refractivity contribution in [2.45, 2.75) is 12.8 Å². The lowest BCUT2D eigenvalue weighted by Gasteiger charge is -2.16. The number of carbonyl (C=O) groups is 4. The third kappa shape index (κ3) is 11.2. The van der Waals surface area contributed by atoms with E-state index in [-0.39, 0.29) is 75.6 Å². The molecule has 262 valence electrons. The Labute approximate surface area is 315 Å². The van der Waals surface area contributed by atoms with Crippen LogP contribution >= 0.6 is 70.8 Å². The topological polar surface area (TPSA) is 225 Å². The maximum atomic E-state index is 13.4. The first-order chi connectivity index (χ1) is 23.6. The lowest BCUT2D eigenvalue weighted by atomic mass is 10.00. The first-order valence-electron chi connectivity index (χ1n) is 13.6. The van der Waals surface area contributed by atoms with E-state index in [1.165, 1.54) is 36.4 Å². The van der Waals surface area contributed by atoms with Crippen molar-refractivity contribution in [1.29, 1.82) is 0 Å². The minimum absolute atomic E-state index is 0.126. The van der Waals surface area contributed by atoms with Crippen molar-refractivity contribution in [3.8, 4) is 0 Å². The summed E-state index contributed by atoms with van der Waals surface area (Å²) in [4.78, 5) is 57.3. The molecular weight excluding hydrogens is 776 g/mol. The molecule has 0 saturated carbocycles. The summed E-state index contributed by atoms with van der Waals surface area (Å²) in [5, 5.41) is 13.4. The second-order valence-corrected chi connectivity index (χ2v) is 12.1. The molecule has 0 bridgehead atoms. The Morgan fingerprint density at radius 1 is 0.680 bits per heavy atom. The molecule has 0 saturated heterocycles. The van der Waals surface area contributed by atoms with Gasteiger partial charge in [0.15, 0.2) is 10.2 Å². The average Bonchev–Trinajstić information content (AvgIpc) is 3.07. The number of anilines is 2. The fourth-order valence-electron chi connectivity index (χ4n) is 3.89. The average molecular weight is 802 g/mol. The summed E-state index contributed by atoms with van der Waals surface area (Å²) in [6.45, 7) is 0. The molecule has 0 radical (unpaired) electrons. The second kappa shape index (κ2) is 18.4. The van der Waals surface area contributed by atoms with Gasteiger partial charge >= 0.3 is 11.9 Å². The second-order valence-electron chi connectivity index (χ2n) is 9.55. The number of nitrogens with one attached hydrogen (secondary N) is 4. The van der Waals surface area contributed by atoms with Crippen LogP contribution in [0.4, 0.5) is 11.4 Å². The largest absolute Gasteiger partial charge is 0.465 e. The van der Waals surface area contributed by atoms with Crippen molar-refractivity contribution in [1.82, 2.24) is 15.8 Å². The quantitative estimate of drug-likeness (QED) is 0.0660. The number of hydrogen-bond acceptors (Lipinski definition) is 11. The highest BCUT2D eigenvalue weighted by Gasteiger charge is 2.27. The van der Waals surface area contributed by atoms with Crippen LogP contribution < -0.4 is 33.0 Å². The van der Waals surface area contributed by atoms with Crippen LogP contribution in [0.5, 0.6) is 0 Å². The Hall–Kier alpha value is -4.65. The zero-order chi connectivity index (χ0) is 37.1. The molecular formula is C29H25Cl4N9O6S2. The van der Waals surface area contributed by atoms with Gasteiger partial charge in [-0.15, -0.1) is 0 Å². The molecule has 50 heavy (non-hydrogen) atoms. The van der Waals surface area contributed by atoms with Gasteiger partial charge in [0.1, 0.15) is 11.4 Å². The number of hydrogen-bond donors (Lipinski definition) is 6. The minimum atomic E-state index is -0.933. The zero-order valence-corrected chi connectivity index (χ0v) is 30.4. The number of carbonyl (C=O) groups excluding carboxylic acids is 4. The summed E-state index contributed by atoms with van der Waals surface area (Å²) in [6, 6.07) is 9.80. The van der Waals surface area contributed by atoms with Gasteiger partial charge < -0.3 is 31.6 Å². The Morgan fingerprint density at radius 2 is 1.06 bits per heavy atom. The lowest BCUT2D eigenvalue weighted by molar-refractivity contribution is -0.111. The molecule has 0 atom stereocenters. The Morgan fingerprint density at radius 3 is 1.38 bits per heavy atom. The molecule has 3 aromatic rings. The highest BCUT2D eigenvalue weighted by Crippen LogP contribution is 2.26. The predicted octanol–water partition coefficient (Wildman–Crippen LogP) is 4.01. The van der Waals surface area contributed by atoms with Gasteiger partial charge in [0.05, 0.1) is 56.8 Å². The molecule has 3 rings (SSSR count). The van der Waals surface area contributed by atoms with E-state index in [0.717, 1.165) is 20.3 Å². The van der Waals surface area contributed by atoms with E-state index < -0.39 is 36.6 Å². The Bertz CT molecular complexity index is 1810. The number of aromatic nitrogens is 1. The molecule has 0 aliphatic rings. The fraction of sp³-hybridized carbons (Fsp3) is 0.138. The van der Waals surface area contributed by atoms with Gasteiger partial charge in [-0.1, -0.05) is 46.4 Å². The molecule has 15 nitrogen and oxygen atoms in total. The zero-order valence-electron chi connectivity index (χ0n) is 25.7. The van der Waals surface area contributed by atoms with Crippen molar-refractivity contribution in [2.75, 3.05) is 24.9 Å². The number of halogens is 4. The van der Waals surface area contributed by atoms with Crippen LogP contribution in [0.25, 0.3) is 0 Å². The Kier molecular flexibility index (Phi) is 14.6. The van der Waals surface area contributed by atoms with Crippen LogP contribution in [-0.4, -0.2) is 64.6 Å². The van der Waals surface area contributed by atoms with E-state index in [1.54, 1.807) is 0 Å². The highest BCUT2D eigenvalue weighted by molar-refractivity contribution is 7.80. The fourth-order valence-corrected chi connectivity index (χ4v) is 4.58. The van der Waals surface area contributed by atoms with Crippen LogP contribution in [0.3, 0.4) is 0 Å². The lowest BCUT2D eigenvalue weighted by Crippen LogP contribution is -2.33. The maximum Gasteiger partial charge on any atom is 0.339 e. The molecule has 21 heteroatoms. The molecule has 0 aliphatic carbocycles. The van der Waals surface area contributed by atoms with Gasteiger partial charge in [-0.3, -0.25) is 25.4 Å². The number of nitrogens with two attached hydrogens (primary N) is 2. The summed E-state index contributed by atoms with van der Waals surface area (Å²) in [7, 11) is 2.19. The normalized spacial score (nSPS) is 11.2. The Balaban J connectivity index is 2.15. The minimum Gasteiger partial charge on any atom is -0.465 e. The molecule has 1 heterocycles. The number of rotatable bonds is 12. The number of amides is 2. The third-order valence-corrected chi connectivity index (χ3v) is 7.80. The van der Waals surface area contributed by atoms with Crippen LogP contribution in [0.15, 0.2) is 52.7 Å². The van der Waals surface area contributed by atoms with E-state index in [9.17, 15) is 19.2 Å². The SMILES string of the molecule is COC(=O)c1cc(C(=O)OC)c(C/C(=N\NC(N)=S)C(=O)Nc2ccc(Cl)c(Cl)c2)nc1C/C(=N/NC(N)=S)C(=O)Nc1ccc(Cl)c(Cl)c1. The molecule has 2 aromatic carbocycles. The summed E-state index contributed by atoms with van der Waals surface area (Å²) < 4.78 is 9.83.